The molecule has 70 valence electrons. The predicted octanol–water partition coefficient (Wildman–Crippen LogP) is 0.578. The molecule has 1 aliphatic rings. The molecule has 12 heavy (non-hydrogen) atoms. The van der Waals surface area contributed by atoms with Gasteiger partial charge in [-0.2, -0.15) is 13.2 Å². The summed E-state index contributed by atoms with van der Waals surface area (Å²) >= 11 is 0. The number of hydrazine groups is 1. The average Bonchev–Trinajstić information content (AvgIpc) is 1.92. The summed E-state index contributed by atoms with van der Waals surface area (Å²) in [5, 5.41) is 0. The van der Waals surface area contributed by atoms with Crippen LogP contribution in [0.2, 0.25) is 0 Å². The number of hydrogen-bond donors (Lipinski definition) is 2. The number of carbonyl (C=O) groups excluding carboxylic acids is 1. The first kappa shape index (κ1) is 9.31. The Bertz CT molecular complexity index is 192. The van der Waals surface area contributed by atoms with Gasteiger partial charge in [-0.05, 0) is 6.92 Å². The van der Waals surface area contributed by atoms with E-state index in [4.69, 9.17) is 0 Å². The highest BCUT2D eigenvalue weighted by Crippen LogP contribution is 2.32. The van der Waals surface area contributed by atoms with Gasteiger partial charge in [0.25, 0.3) is 0 Å². The molecule has 0 bridgehead atoms. The fourth-order valence-electron chi connectivity index (χ4n) is 1.12. The fourth-order valence-corrected chi connectivity index (χ4v) is 1.12. The molecule has 0 aromatic rings. The molecule has 1 amide bonds. The van der Waals surface area contributed by atoms with Crippen molar-refractivity contribution >= 4 is 5.91 Å². The third-order valence-corrected chi connectivity index (χ3v) is 1.87. The van der Waals surface area contributed by atoms with Crippen molar-refractivity contribution in [2.24, 2.45) is 5.92 Å². The maximum Gasteiger partial charge on any atom is 0.393 e. The van der Waals surface area contributed by atoms with Crippen molar-refractivity contribution in [1.29, 1.82) is 0 Å². The monoisotopic (exact) mass is 182 g/mol. The number of amides is 1. The summed E-state index contributed by atoms with van der Waals surface area (Å²) in [6, 6.07) is -0.761. The lowest BCUT2D eigenvalue weighted by atomic mass is 9.95. The Balaban J connectivity index is 2.67. The van der Waals surface area contributed by atoms with Crippen LogP contribution in [0.3, 0.4) is 0 Å². The van der Waals surface area contributed by atoms with Gasteiger partial charge in [0, 0.05) is 12.5 Å². The van der Waals surface area contributed by atoms with Crippen LogP contribution in [0.4, 0.5) is 13.2 Å². The van der Waals surface area contributed by atoms with Crippen molar-refractivity contribution in [2.75, 3.05) is 0 Å². The second kappa shape index (κ2) is 2.93. The molecular formula is C6H9F3N2O. The maximum absolute atomic E-state index is 12.1. The van der Waals surface area contributed by atoms with Crippen LogP contribution in [-0.2, 0) is 4.79 Å². The van der Waals surface area contributed by atoms with Crippen molar-refractivity contribution in [3.63, 3.8) is 0 Å². The van der Waals surface area contributed by atoms with Gasteiger partial charge in [0.15, 0.2) is 0 Å². The maximum atomic E-state index is 12.1. The number of hydrogen-bond acceptors (Lipinski definition) is 2. The first-order valence-electron chi connectivity index (χ1n) is 3.52. The minimum atomic E-state index is -4.30. The molecule has 0 saturated carbocycles. The second-order valence-corrected chi connectivity index (χ2v) is 2.83. The number of rotatable bonds is 0. The Morgan fingerprint density at radius 3 is 2.50 bits per heavy atom. The number of nitrogens with one attached hydrogen (secondary N) is 2. The zero-order valence-electron chi connectivity index (χ0n) is 6.40. The summed E-state index contributed by atoms with van der Waals surface area (Å²) in [4.78, 5) is 10.6. The largest absolute Gasteiger partial charge is 0.393 e. The topological polar surface area (TPSA) is 41.1 Å². The van der Waals surface area contributed by atoms with Gasteiger partial charge in [0.1, 0.15) is 0 Å². The van der Waals surface area contributed by atoms with Gasteiger partial charge in [-0.3, -0.25) is 10.2 Å². The standard InChI is InChI=1S/C6H9F3N2O/c1-3-4(6(7,8)9)2-5(12)11-10-3/h3-4,10H,2H2,1H3,(H,11,12). The van der Waals surface area contributed by atoms with Crippen LogP contribution in [0.1, 0.15) is 13.3 Å². The van der Waals surface area contributed by atoms with Gasteiger partial charge in [-0.15, -0.1) is 0 Å². The molecule has 0 aromatic heterocycles. The summed E-state index contributed by atoms with van der Waals surface area (Å²) < 4.78 is 36.4. The van der Waals surface area contributed by atoms with E-state index >= 15 is 0 Å². The van der Waals surface area contributed by atoms with Gasteiger partial charge in [-0.25, -0.2) is 5.43 Å². The van der Waals surface area contributed by atoms with Crippen molar-refractivity contribution in [3.05, 3.63) is 0 Å². The molecule has 1 fully saturated rings. The summed E-state index contributed by atoms with van der Waals surface area (Å²) in [5.41, 5.74) is 4.41. The van der Waals surface area contributed by atoms with Crippen LogP contribution in [0.25, 0.3) is 0 Å². The van der Waals surface area contributed by atoms with Crippen molar-refractivity contribution in [3.8, 4) is 0 Å². The van der Waals surface area contributed by atoms with Gasteiger partial charge in [0.05, 0.1) is 5.92 Å². The van der Waals surface area contributed by atoms with E-state index in [1.165, 1.54) is 6.92 Å². The third kappa shape index (κ3) is 1.88. The zero-order valence-corrected chi connectivity index (χ0v) is 6.40. The molecule has 1 aliphatic heterocycles. The van der Waals surface area contributed by atoms with Crippen LogP contribution in [0.15, 0.2) is 0 Å². The lowest BCUT2D eigenvalue weighted by Gasteiger charge is -2.31. The highest BCUT2D eigenvalue weighted by molar-refractivity contribution is 5.76. The lowest BCUT2D eigenvalue weighted by molar-refractivity contribution is -0.191. The highest BCUT2D eigenvalue weighted by atomic mass is 19.4. The van der Waals surface area contributed by atoms with E-state index in [0.717, 1.165) is 0 Å². The third-order valence-electron chi connectivity index (χ3n) is 1.87. The van der Waals surface area contributed by atoms with Crippen LogP contribution >= 0.6 is 0 Å². The molecule has 1 rings (SSSR count). The molecule has 6 heteroatoms. The first-order chi connectivity index (χ1) is 5.41. The molecule has 2 atom stereocenters. The van der Waals surface area contributed by atoms with E-state index in [-0.39, 0.29) is 0 Å². The molecule has 1 heterocycles. The quantitative estimate of drug-likeness (QED) is 0.575. The summed E-state index contributed by atoms with van der Waals surface area (Å²) in [5.74, 6) is -2.19. The van der Waals surface area contributed by atoms with Gasteiger partial charge >= 0.3 is 6.18 Å². The lowest BCUT2D eigenvalue weighted by Crippen LogP contribution is -2.56. The number of alkyl halides is 3. The average molecular weight is 182 g/mol. The van der Waals surface area contributed by atoms with Crippen LogP contribution in [-0.4, -0.2) is 18.1 Å². The summed E-state index contributed by atoms with van der Waals surface area (Å²) in [7, 11) is 0. The smallest absolute Gasteiger partial charge is 0.291 e. The SMILES string of the molecule is CC1NNC(=O)CC1C(F)(F)F. The van der Waals surface area contributed by atoms with E-state index in [2.05, 4.69) is 10.9 Å². The van der Waals surface area contributed by atoms with Gasteiger partial charge in [0.2, 0.25) is 5.91 Å². The molecule has 0 aliphatic carbocycles. The predicted molar refractivity (Wildman–Crippen MR) is 34.9 cm³/mol. The molecule has 1 saturated heterocycles. The first-order valence-corrected chi connectivity index (χ1v) is 3.52. The van der Waals surface area contributed by atoms with E-state index < -0.39 is 30.5 Å². The van der Waals surface area contributed by atoms with Crippen molar-refractivity contribution in [1.82, 2.24) is 10.9 Å². The van der Waals surface area contributed by atoms with E-state index in [1.54, 1.807) is 0 Å². The summed E-state index contributed by atoms with van der Waals surface area (Å²) in [6.45, 7) is 1.39. The Morgan fingerprint density at radius 1 is 1.50 bits per heavy atom. The number of carbonyl (C=O) groups is 1. The molecule has 3 nitrogen and oxygen atoms in total. The van der Waals surface area contributed by atoms with Crippen molar-refractivity contribution in [2.45, 2.75) is 25.6 Å². The van der Waals surface area contributed by atoms with Gasteiger partial charge in [-0.1, -0.05) is 0 Å². The molecular weight excluding hydrogens is 173 g/mol. The molecule has 0 spiro atoms. The molecule has 2 N–H and O–H groups in total. The highest BCUT2D eigenvalue weighted by Gasteiger charge is 2.46. The Kier molecular flexibility index (Phi) is 2.27. The van der Waals surface area contributed by atoms with Crippen LogP contribution in [0, 0.1) is 5.92 Å². The van der Waals surface area contributed by atoms with Crippen LogP contribution < -0.4 is 10.9 Å². The van der Waals surface area contributed by atoms with Crippen LogP contribution in [0.5, 0.6) is 0 Å². The van der Waals surface area contributed by atoms with Gasteiger partial charge < -0.3 is 0 Å². The van der Waals surface area contributed by atoms with E-state index in [9.17, 15) is 18.0 Å². The van der Waals surface area contributed by atoms with Crippen molar-refractivity contribution < 1.29 is 18.0 Å². The second-order valence-electron chi connectivity index (χ2n) is 2.83. The fraction of sp³-hybridized carbons (Fsp3) is 0.833. The molecule has 2 unspecified atom stereocenters. The normalized spacial score (nSPS) is 31.5. The Morgan fingerprint density at radius 2 is 2.08 bits per heavy atom. The minimum Gasteiger partial charge on any atom is -0.291 e. The molecule has 0 radical (unpaired) electrons. The Labute approximate surface area is 67.3 Å². The number of halogens is 3. The zero-order chi connectivity index (χ0) is 9.35. The minimum absolute atomic E-state index is 0.488. The van der Waals surface area contributed by atoms with E-state index in [0.29, 0.717) is 0 Å². The Hall–Kier alpha value is -0.780. The van der Waals surface area contributed by atoms with E-state index in [1.807, 2.05) is 0 Å². The molecule has 0 aromatic carbocycles. The summed E-state index contributed by atoms with van der Waals surface area (Å²) in [6.07, 6.45) is -4.79.